The van der Waals surface area contributed by atoms with E-state index in [4.69, 9.17) is 5.73 Å². The quantitative estimate of drug-likeness (QED) is 0.882. The van der Waals surface area contributed by atoms with Gasteiger partial charge in [-0.25, -0.2) is 0 Å². The SMILES string of the molecule is CC1(C)CN(c2ccc(CN)c(Br)c2)CCC1O. The van der Waals surface area contributed by atoms with Crippen LogP contribution in [0.3, 0.4) is 0 Å². The molecule has 0 amide bonds. The van der Waals surface area contributed by atoms with Gasteiger partial charge in [0.25, 0.3) is 0 Å². The Morgan fingerprint density at radius 3 is 2.78 bits per heavy atom. The summed E-state index contributed by atoms with van der Waals surface area (Å²) in [5, 5.41) is 9.99. The van der Waals surface area contributed by atoms with Gasteiger partial charge in [-0.2, -0.15) is 0 Å². The molecule has 0 aliphatic carbocycles. The average molecular weight is 313 g/mol. The van der Waals surface area contributed by atoms with Gasteiger partial charge in [0.15, 0.2) is 0 Å². The third-order valence-electron chi connectivity index (χ3n) is 3.79. The molecule has 18 heavy (non-hydrogen) atoms. The van der Waals surface area contributed by atoms with E-state index in [1.165, 1.54) is 5.69 Å². The summed E-state index contributed by atoms with van der Waals surface area (Å²) in [5.41, 5.74) is 7.92. The molecule has 0 saturated carbocycles. The summed E-state index contributed by atoms with van der Waals surface area (Å²) in [6.07, 6.45) is 0.615. The van der Waals surface area contributed by atoms with Crippen molar-refractivity contribution in [3.05, 3.63) is 28.2 Å². The lowest BCUT2D eigenvalue weighted by Crippen LogP contribution is -2.48. The molecule has 1 aromatic carbocycles. The number of aliphatic hydroxyl groups is 1. The van der Waals surface area contributed by atoms with Crippen LogP contribution in [0.25, 0.3) is 0 Å². The number of aliphatic hydroxyl groups excluding tert-OH is 1. The van der Waals surface area contributed by atoms with Crippen molar-refractivity contribution in [1.29, 1.82) is 0 Å². The second kappa shape index (κ2) is 5.19. The number of halogens is 1. The maximum absolute atomic E-state index is 9.99. The number of nitrogens with two attached hydrogens (primary N) is 1. The molecule has 1 unspecified atom stereocenters. The van der Waals surface area contributed by atoms with Gasteiger partial charge in [-0.15, -0.1) is 0 Å². The van der Waals surface area contributed by atoms with Crippen LogP contribution in [-0.2, 0) is 6.54 Å². The van der Waals surface area contributed by atoms with Gasteiger partial charge in [0.2, 0.25) is 0 Å². The second-order valence-corrected chi connectivity index (χ2v) is 6.55. The highest BCUT2D eigenvalue weighted by atomic mass is 79.9. The van der Waals surface area contributed by atoms with E-state index in [-0.39, 0.29) is 11.5 Å². The van der Waals surface area contributed by atoms with Crippen molar-refractivity contribution >= 4 is 21.6 Å². The van der Waals surface area contributed by atoms with Gasteiger partial charge in [0.05, 0.1) is 6.10 Å². The number of rotatable bonds is 2. The minimum atomic E-state index is -0.208. The molecule has 3 nitrogen and oxygen atoms in total. The molecule has 100 valence electrons. The average Bonchev–Trinajstić information content (AvgIpc) is 2.32. The molecule has 1 aliphatic heterocycles. The largest absolute Gasteiger partial charge is 0.392 e. The molecule has 0 bridgehead atoms. The first-order chi connectivity index (χ1) is 8.44. The minimum Gasteiger partial charge on any atom is -0.392 e. The van der Waals surface area contributed by atoms with E-state index in [2.05, 4.69) is 52.9 Å². The molecule has 0 spiro atoms. The van der Waals surface area contributed by atoms with Crippen LogP contribution >= 0.6 is 15.9 Å². The van der Waals surface area contributed by atoms with Gasteiger partial charge in [0, 0.05) is 35.2 Å². The van der Waals surface area contributed by atoms with Crippen molar-refractivity contribution in [2.45, 2.75) is 32.9 Å². The van der Waals surface area contributed by atoms with E-state index >= 15 is 0 Å². The smallest absolute Gasteiger partial charge is 0.0624 e. The van der Waals surface area contributed by atoms with Crippen LogP contribution < -0.4 is 10.6 Å². The number of anilines is 1. The molecule has 1 aromatic rings. The Morgan fingerprint density at radius 1 is 1.50 bits per heavy atom. The van der Waals surface area contributed by atoms with Crippen molar-refractivity contribution < 1.29 is 5.11 Å². The summed E-state index contributed by atoms with van der Waals surface area (Å²) in [6, 6.07) is 6.30. The lowest BCUT2D eigenvalue weighted by Gasteiger charge is -2.43. The fourth-order valence-electron chi connectivity index (χ4n) is 2.46. The normalized spacial score (nSPS) is 23.2. The summed E-state index contributed by atoms with van der Waals surface area (Å²) in [4.78, 5) is 2.33. The third kappa shape index (κ3) is 2.71. The highest BCUT2D eigenvalue weighted by molar-refractivity contribution is 9.10. The van der Waals surface area contributed by atoms with Gasteiger partial charge in [0.1, 0.15) is 0 Å². The Balaban J connectivity index is 2.20. The molecule has 1 atom stereocenters. The predicted molar refractivity (Wildman–Crippen MR) is 78.7 cm³/mol. The van der Waals surface area contributed by atoms with E-state index in [0.29, 0.717) is 6.54 Å². The Kier molecular flexibility index (Phi) is 3.99. The lowest BCUT2D eigenvalue weighted by atomic mass is 9.81. The van der Waals surface area contributed by atoms with Crippen LogP contribution in [0.4, 0.5) is 5.69 Å². The summed E-state index contributed by atoms with van der Waals surface area (Å²) in [7, 11) is 0. The van der Waals surface area contributed by atoms with Crippen molar-refractivity contribution in [2.24, 2.45) is 11.1 Å². The maximum atomic E-state index is 9.99. The van der Waals surface area contributed by atoms with E-state index < -0.39 is 0 Å². The van der Waals surface area contributed by atoms with Crippen LogP contribution in [0, 0.1) is 5.41 Å². The number of benzene rings is 1. The summed E-state index contributed by atoms with van der Waals surface area (Å²) in [6.45, 7) is 6.56. The van der Waals surface area contributed by atoms with Crippen LogP contribution in [0.1, 0.15) is 25.8 Å². The third-order valence-corrected chi connectivity index (χ3v) is 4.53. The molecule has 0 radical (unpaired) electrons. The zero-order valence-electron chi connectivity index (χ0n) is 11.0. The van der Waals surface area contributed by atoms with Crippen LogP contribution in [0.15, 0.2) is 22.7 Å². The number of nitrogens with zero attached hydrogens (tertiary/aromatic N) is 1. The molecule has 3 N–H and O–H groups in total. The first-order valence-corrected chi connectivity index (χ1v) is 7.15. The molecular formula is C14H21BrN2O. The Bertz CT molecular complexity index is 434. The Morgan fingerprint density at radius 2 is 2.22 bits per heavy atom. The number of hydrogen-bond acceptors (Lipinski definition) is 3. The van der Waals surface area contributed by atoms with E-state index in [9.17, 15) is 5.11 Å². The van der Waals surface area contributed by atoms with Gasteiger partial charge in [-0.3, -0.25) is 0 Å². The second-order valence-electron chi connectivity index (χ2n) is 5.69. The molecule has 4 heteroatoms. The van der Waals surface area contributed by atoms with E-state index in [0.717, 1.165) is 29.5 Å². The topological polar surface area (TPSA) is 49.5 Å². The monoisotopic (exact) mass is 312 g/mol. The van der Waals surface area contributed by atoms with Crippen LogP contribution in [0.5, 0.6) is 0 Å². The summed E-state index contributed by atoms with van der Waals surface area (Å²) in [5.74, 6) is 0. The van der Waals surface area contributed by atoms with Gasteiger partial charge in [-0.1, -0.05) is 35.8 Å². The molecule has 0 aromatic heterocycles. The molecule has 1 fully saturated rings. The molecule has 2 rings (SSSR count). The fourth-order valence-corrected chi connectivity index (χ4v) is 2.99. The highest BCUT2D eigenvalue weighted by Gasteiger charge is 2.34. The van der Waals surface area contributed by atoms with Gasteiger partial charge in [-0.05, 0) is 24.1 Å². The highest BCUT2D eigenvalue weighted by Crippen LogP contribution is 2.33. The summed E-state index contributed by atoms with van der Waals surface area (Å²) < 4.78 is 1.06. The van der Waals surface area contributed by atoms with Crippen LogP contribution in [0.2, 0.25) is 0 Å². The fraction of sp³-hybridized carbons (Fsp3) is 0.571. The van der Waals surface area contributed by atoms with Crippen molar-refractivity contribution in [3.8, 4) is 0 Å². The molecule has 1 heterocycles. The standard InChI is InChI=1S/C14H21BrN2O/c1-14(2)9-17(6-5-13(14)18)11-4-3-10(8-16)12(15)7-11/h3-4,7,13,18H,5-6,8-9,16H2,1-2H3. The van der Waals surface area contributed by atoms with E-state index in [1.807, 2.05) is 0 Å². The minimum absolute atomic E-state index is 0.0583. The van der Waals surface area contributed by atoms with Crippen molar-refractivity contribution in [1.82, 2.24) is 0 Å². The van der Waals surface area contributed by atoms with Gasteiger partial charge < -0.3 is 15.7 Å². The zero-order chi connectivity index (χ0) is 13.3. The number of hydrogen-bond donors (Lipinski definition) is 2. The Hall–Kier alpha value is -0.580. The number of piperidine rings is 1. The van der Waals surface area contributed by atoms with E-state index in [1.54, 1.807) is 0 Å². The van der Waals surface area contributed by atoms with Crippen molar-refractivity contribution in [2.75, 3.05) is 18.0 Å². The van der Waals surface area contributed by atoms with Crippen LogP contribution in [-0.4, -0.2) is 24.3 Å². The molecule has 1 aliphatic rings. The Labute approximate surface area is 117 Å². The first-order valence-electron chi connectivity index (χ1n) is 6.35. The lowest BCUT2D eigenvalue weighted by molar-refractivity contribution is 0.0336. The first kappa shape index (κ1) is 13.8. The maximum Gasteiger partial charge on any atom is 0.0624 e. The summed E-state index contributed by atoms with van der Waals surface area (Å²) >= 11 is 3.56. The molecule has 1 saturated heterocycles. The zero-order valence-corrected chi connectivity index (χ0v) is 12.6. The van der Waals surface area contributed by atoms with Gasteiger partial charge >= 0.3 is 0 Å². The predicted octanol–water partition coefficient (Wildman–Crippen LogP) is 2.51. The molecular weight excluding hydrogens is 292 g/mol. The van der Waals surface area contributed by atoms with Crippen molar-refractivity contribution in [3.63, 3.8) is 0 Å².